The molecule has 1 N–H and O–H groups in total. The van der Waals surface area contributed by atoms with Crippen molar-refractivity contribution >= 4 is 11.5 Å². The fourth-order valence-corrected chi connectivity index (χ4v) is 1.02. The first kappa shape index (κ1) is 11.0. The quantitative estimate of drug-likeness (QED) is 0.757. The maximum absolute atomic E-state index is 11.0. The van der Waals surface area contributed by atoms with Gasteiger partial charge in [-0.2, -0.15) is 0 Å². The minimum Gasteiger partial charge on any atom is -0.496 e. The van der Waals surface area contributed by atoms with Gasteiger partial charge < -0.3 is 14.3 Å². The summed E-state index contributed by atoms with van der Waals surface area (Å²) in [4.78, 5) is 21.4. The largest absolute Gasteiger partial charge is 0.496 e. The Kier molecular flexibility index (Phi) is 3.28. The van der Waals surface area contributed by atoms with E-state index in [2.05, 4.69) is 0 Å². The van der Waals surface area contributed by atoms with Gasteiger partial charge in [0.2, 0.25) is 0 Å². The van der Waals surface area contributed by atoms with Crippen molar-refractivity contribution < 1.29 is 19.1 Å². The van der Waals surface area contributed by atoms with E-state index in [0.717, 1.165) is 6.08 Å². The molecule has 0 fully saturated rings. The molecule has 0 aromatic carbocycles. The predicted molar refractivity (Wildman–Crippen MR) is 52.8 cm³/mol. The Morgan fingerprint density at radius 3 is 2.73 bits per heavy atom. The lowest BCUT2D eigenvalue weighted by Gasteiger charge is -2.01. The van der Waals surface area contributed by atoms with Gasteiger partial charge in [0.05, 0.1) is 13.2 Å². The van der Waals surface area contributed by atoms with Gasteiger partial charge in [0.25, 0.3) is 0 Å². The standard InChI is InChI=1S/C10H10O5/c1-6(3-9(11)12)8-4-7(14-2)5-10(13)15-8/h3-5H,1-2H3,(H,11,12). The smallest absolute Gasteiger partial charge is 0.339 e. The maximum atomic E-state index is 11.0. The summed E-state index contributed by atoms with van der Waals surface area (Å²) < 4.78 is 9.67. The minimum absolute atomic E-state index is 0.182. The van der Waals surface area contributed by atoms with Gasteiger partial charge in [-0.15, -0.1) is 0 Å². The third-order valence-corrected chi connectivity index (χ3v) is 1.71. The van der Waals surface area contributed by atoms with E-state index >= 15 is 0 Å². The molecule has 80 valence electrons. The Labute approximate surface area is 85.6 Å². The van der Waals surface area contributed by atoms with Crippen LogP contribution in [0.5, 0.6) is 5.75 Å². The predicted octanol–water partition coefficient (Wildman–Crippen LogP) is 1.14. The third kappa shape index (κ3) is 2.98. The van der Waals surface area contributed by atoms with Crippen LogP contribution >= 0.6 is 0 Å². The Morgan fingerprint density at radius 2 is 2.20 bits per heavy atom. The lowest BCUT2D eigenvalue weighted by molar-refractivity contribution is -0.131. The van der Waals surface area contributed by atoms with E-state index in [1.165, 1.54) is 26.2 Å². The molecule has 0 bridgehead atoms. The van der Waals surface area contributed by atoms with Crippen LogP contribution in [0, 0.1) is 0 Å². The number of rotatable bonds is 3. The summed E-state index contributed by atoms with van der Waals surface area (Å²) in [7, 11) is 1.41. The molecule has 0 unspecified atom stereocenters. The number of ether oxygens (including phenoxy) is 1. The lowest BCUT2D eigenvalue weighted by atomic mass is 10.2. The molecule has 0 amide bonds. The summed E-state index contributed by atoms with van der Waals surface area (Å²) in [5.74, 6) is -0.584. The Hall–Kier alpha value is -2.04. The summed E-state index contributed by atoms with van der Waals surface area (Å²) in [6, 6.07) is 2.63. The van der Waals surface area contributed by atoms with Gasteiger partial charge in [0.1, 0.15) is 11.5 Å². The molecule has 0 aliphatic carbocycles. The zero-order valence-corrected chi connectivity index (χ0v) is 8.31. The number of aliphatic carboxylic acids is 1. The van der Waals surface area contributed by atoms with Crippen LogP contribution in [0.3, 0.4) is 0 Å². The Bertz CT molecular complexity index is 455. The highest BCUT2D eigenvalue weighted by Crippen LogP contribution is 2.16. The topological polar surface area (TPSA) is 76.7 Å². The first-order valence-corrected chi connectivity index (χ1v) is 4.13. The molecule has 5 heteroatoms. The van der Waals surface area contributed by atoms with Gasteiger partial charge in [0, 0.05) is 12.1 Å². The second-order valence-electron chi connectivity index (χ2n) is 2.85. The molecule has 15 heavy (non-hydrogen) atoms. The third-order valence-electron chi connectivity index (χ3n) is 1.71. The molecular weight excluding hydrogens is 200 g/mol. The molecule has 0 aliphatic heterocycles. The van der Waals surface area contributed by atoms with Crippen molar-refractivity contribution in [1.82, 2.24) is 0 Å². The van der Waals surface area contributed by atoms with Crippen molar-refractivity contribution in [3.05, 3.63) is 34.4 Å². The van der Waals surface area contributed by atoms with Crippen LogP contribution in [0.2, 0.25) is 0 Å². The first-order valence-electron chi connectivity index (χ1n) is 4.13. The van der Waals surface area contributed by atoms with Gasteiger partial charge >= 0.3 is 11.6 Å². The molecule has 1 rings (SSSR count). The maximum Gasteiger partial charge on any atom is 0.339 e. The van der Waals surface area contributed by atoms with Crippen molar-refractivity contribution in [2.24, 2.45) is 0 Å². The highest BCUT2D eigenvalue weighted by Gasteiger charge is 2.05. The number of allylic oxidation sites excluding steroid dienone is 1. The molecule has 0 atom stereocenters. The summed E-state index contributed by atoms with van der Waals surface area (Å²) in [5.41, 5.74) is -0.235. The Morgan fingerprint density at radius 1 is 1.53 bits per heavy atom. The van der Waals surface area contributed by atoms with Crippen LogP contribution < -0.4 is 10.4 Å². The van der Waals surface area contributed by atoms with Crippen LogP contribution in [0.1, 0.15) is 12.7 Å². The van der Waals surface area contributed by atoms with Gasteiger partial charge in [0.15, 0.2) is 0 Å². The van der Waals surface area contributed by atoms with Crippen LogP contribution in [0.15, 0.2) is 27.4 Å². The molecule has 1 aromatic rings. The van der Waals surface area contributed by atoms with Crippen molar-refractivity contribution in [2.45, 2.75) is 6.92 Å². The summed E-state index contributed by atoms with van der Waals surface area (Å²) in [6.07, 6.45) is 0.956. The van der Waals surface area contributed by atoms with Gasteiger partial charge in [-0.25, -0.2) is 9.59 Å². The average Bonchev–Trinajstić information content (AvgIpc) is 2.15. The molecule has 0 aliphatic rings. The number of carbonyl (C=O) groups is 1. The van der Waals surface area contributed by atoms with Crippen LogP contribution in [0.4, 0.5) is 0 Å². The number of methoxy groups -OCH3 is 1. The van der Waals surface area contributed by atoms with E-state index in [-0.39, 0.29) is 5.76 Å². The first-order chi connectivity index (χ1) is 7.02. The van der Waals surface area contributed by atoms with Gasteiger partial charge in [-0.1, -0.05) is 0 Å². The summed E-state index contributed by atoms with van der Waals surface area (Å²) >= 11 is 0. The van der Waals surface area contributed by atoms with E-state index in [4.69, 9.17) is 14.3 Å². The molecule has 1 heterocycles. The van der Waals surface area contributed by atoms with Crippen LogP contribution in [-0.2, 0) is 4.79 Å². The van der Waals surface area contributed by atoms with Crippen molar-refractivity contribution in [3.63, 3.8) is 0 Å². The van der Waals surface area contributed by atoms with E-state index in [1.807, 2.05) is 0 Å². The van der Waals surface area contributed by atoms with Crippen LogP contribution in [-0.4, -0.2) is 18.2 Å². The molecule has 0 spiro atoms. The van der Waals surface area contributed by atoms with E-state index in [1.54, 1.807) is 0 Å². The monoisotopic (exact) mass is 210 g/mol. The van der Waals surface area contributed by atoms with E-state index < -0.39 is 11.6 Å². The zero-order chi connectivity index (χ0) is 11.4. The Balaban J connectivity index is 3.20. The molecule has 0 radical (unpaired) electrons. The average molecular weight is 210 g/mol. The normalized spacial score (nSPS) is 11.2. The van der Waals surface area contributed by atoms with Gasteiger partial charge in [-0.3, -0.25) is 0 Å². The highest BCUT2D eigenvalue weighted by atomic mass is 16.5. The van der Waals surface area contributed by atoms with E-state index in [9.17, 15) is 9.59 Å². The number of hydrogen-bond donors (Lipinski definition) is 1. The van der Waals surface area contributed by atoms with Gasteiger partial charge in [-0.05, 0) is 12.5 Å². The second-order valence-corrected chi connectivity index (χ2v) is 2.85. The minimum atomic E-state index is -1.10. The molecule has 1 aromatic heterocycles. The highest BCUT2D eigenvalue weighted by molar-refractivity contribution is 5.88. The second kappa shape index (κ2) is 4.45. The summed E-state index contributed by atoms with van der Waals surface area (Å²) in [5, 5.41) is 8.51. The molecular formula is C10H10O5. The van der Waals surface area contributed by atoms with E-state index in [0.29, 0.717) is 11.3 Å². The fourth-order valence-electron chi connectivity index (χ4n) is 1.02. The molecule has 5 nitrogen and oxygen atoms in total. The van der Waals surface area contributed by atoms with Crippen molar-refractivity contribution in [3.8, 4) is 5.75 Å². The SMILES string of the molecule is COc1cc(C(C)=CC(=O)O)oc(=O)c1. The fraction of sp³-hybridized carbons (Fsp3) is 0.200. The molecule has 0 saturated carbocycles. The zero-order valence-electron chi connectivity index (χ0n) is 8.31. The number of carboxylic acid groups (broad SMARTS) is 1. The summed E-state index contributed by atoms with van der Waals surface area (Å²) in [6.45, 7) is 1.53. The number of hydrogen-bond acceptors (Lipinski definition) is 4. The lowest BCUT2D eigenvalue weighted by Crippen LogP contribution is -2.01. The van der Waals surface area contributed by atoms with Crippen molar-refractivity contribution in [1.29, 1.82) is 0 Å². The van der Waals surface area contributed by atoms with Crippen LogP contribution in [0.25, 0.3) is 5.57 Å². The van der Waals surface area contributed by atoms with Crippen molar-refractivity contribution in [2.75, 3.05) is 7.11 Å². The number of carboxylic acids is 1. The molecule has 0 saturated heterocycles.